The van der Waals surface area contributed by atoms with Gasteiger partial charge in [-0.1, -0.05) is 18.5 Å². The first-order chi connectivity index (χ1) is 10.5. The van der Waals surface area contributed by atoms with Crippen LogP contribution in [0.2, 0.25) is 5.02 Å². The SMILES string of the molecule is CCC(C)n1c(N2CCN(C)CC2)nc2cc(Cl)c(N)cc21. The molecule has 120 valence electrons. The Hall–Kier alpha value is -1.46. The van der Waals surface area contributed by atoms with Gasteiger partial charge in [0.2, 0.25) is 5.95 Å². The highest BCUT2D eigenvalue weighted by molar-refractivity contribution is 6.33. The molecule has 3 rings (SSSR count). The lowest BCUT2D eigenvalue weighted by atomic mass is 10.2. The third kappa shape index (κ3) is 2.63. The van der Waals surface area contributed by atoms with Crippen molar-refractivity contribution in [3.8, 4) is 0 Å². The van der Waals surface area contributed by atoms with Crippen LogP contribution in [-0.2, 0) is 0 Å². The topological polar surface area (TPSA) is 50.3 Å². The zero-order valence-electron chi connectivity index (χ0n) is 13.5. The fourth-order valence-corrected chi connectivity index (χ4v) is 3.12. The first-order valence-corrected chi connectivity index (χ1v) is 8.29. The van der Waals surface area contributed by atoms with Crippen LogP contribution in [0.15, 0.2) is 12.1 Å². The van der Waals surface area contributed by atoms with Crippen LogP contribution in [0, 0.1) is 0 Å². The lowest BCUT2D eigenvalue weighted by molar-refractivity contribution is 0.309. The molecule has 1 saturated heterocycles. The number of nitrogens with two attached hydrogens (primary N) is 1. The Morgan fingerprint density at radius 2 is 1.95 bits per heavy atom. The number of hydrogen-bond acceptors (Lipinski definition) is 4. The molecule has 1 aliphatic rings. The molecule has 22 heavy (non-hydrogen) atoms. The highest BCUT2D eigenvalue weighted by Gasteiger charge is 2.23. The molecular weight excluding hydrogens is 298 g/mol. The highest BCUT2D eigenvalue weighted by atomic mass is 35.5. The summed E-state index contributed by atoms with van der Waals surface area (Å²) in [6.45, 7) is 8.55. The van der Waals surface area contributed by atoms with E-state index >= 15 is 0 Å². The number of piperazine rings is 1. The molecule has 1 atom stereocenters. The van der Waals surface area contributed by atoms with Crippen molar-refractivity contribution in [2.75, 3.05) is 43.9 Å². The van der Waals surface area contributed by atoms with Gasteiger partial charge in [0.1, 0.15) is 0 Å². The number of nitrogens with zero attached hydrogens (tertiary/aromatic N) is 4. The third-order valence-corrected chi connectivity index (χ3v) is 4.93. The second kappa shape index (κ2) is 5.97. The van der Waals surface area contributed by atoms with Gasteiger partial charge in [0, 0.05) is 32.2 Å². The van der Waals surface area contributed by atoms with Gasteiger partial charge in [-0.3, -0.25) is 0 Å². The van der Waals surface area contributed by atoms with Crippen LogP contribution >= 0.6 is 11.6 Å². The molecular formula is C16H24ClN5. The number of anilines is 2. The number of rotatable bonds is 3. The number of aromatic nitrogens is 2. The van der Waals surface area contributed by atoms with E-state index in [0.717, 1.165) is 49.6 Å². The molecule has 0 saturated carbocycles. The number of benzene rings is 1. The molecule has 2 aromatic rings. The number of imidazole rings is 1. The fraction of sp³-hybridized carbons (Fsp3) is 0.562. The molecule has 6 heteroatoms. The number of hydrogen-bond donors (Lipinski definition) is 1. The Balaban J connectivity index is 2.11. The molecule has 0 spiro atoms. The van der Waals surface area contributed by atoms with E-state index in [0.29, 0.717) is 16.8 Å². The summed E-state index contributed by atoms with van der Waals surface area (Å²) in [5.41, 5.74) is 8.62. The Morgan fingerprint density at radius 1 is 1.27 bits per heavy atom. The molecule has 0 bridgehead atoms. The minimum Gasteiger partial charge on any atom is -0.397 e. The predicted octanol–water partition coefficient (Wildman–Crippen LogP) is 2.99. The summed E-state index contributed by atoms with van der Waals surface area (Å²) in [6.07, 6.45) is 1.05. The number of halogens is 1. The Bertz CT molecular complexity index is 673. The third-order valence-electron chi connectivity index (χ3n) is 4.61. The lowest BCUT2D eigenvalue weighted by Crippen LogP contribution is -2.45. The second-order valence-corrected chi connectivity index (χ2v) is 6.60. The van der Waals surface area contributed by atoms with E-state index in [-0.39, 0.29) is 0 Å². The normalized spacial score (nSPS) is 18.1. The number of nitrogen functional groups attached to an aromatic ring is 1. The van der Waals surface area contributed by atoms with Crippen molar-refractivity contribution >= 4 is 34.3 Å². The largest absolute Gasteiger partial charge is 0.397 e. The van der Waals surface area contributed by atoms with Crippen molar-refractivity contribution in [3.63, 3.8) is 0 Å². The van der Waals surface area contributed by atoms with Gasteiger partial charge < -0.3 is 20.1 Å². The van der Waals surface area contributed by atoms with Crippen LogP contribution in [0.5, 0.6) is 0 Å². The van der Waals surface area contributed by atoms with E-state index in [1.807, 2.05) is 12.1 Å². The summed E-state index contributed by atoms with van der Waals surface area (Å²) in [6, 6.07) is 4.21. The highest BCUT2D eigenvalue weighted by Crippen LogP contribution is 2.33. The van der Waals surface area contributed by atoms with Crippen molar-refractivity contribution in [2.24, 2.45) is 0 Å². The first-order valence-electron chi connectivity index (χ1n) is 7.91. The van der Waals surface area contributed by atoms with E-state index < -0.39 is 0 Å². The standard InChI is InChI=1S/C16H24ClN5/c1-4-11(2)22-15-10-13(18)12(17)9-14(15)19-16(22)21-7-5-20(3)6-8-21/h9-11H,4-8,18H2,1-3H3. The molecule has 1 fully saturated rings. The summed E-state index contributed by atoms with van der Waals surface area (Å²) in [5, 5.41) is 0.575. The van der Waals surface area contributed by atoms with Crippen LogP contribution in [0.4, 0.5) is 11.6 Å². The average Bonchev–Trinajstić information content (AvgIpc) is 2.86. The quantitative estimate of drug-likeness (QED) is 0.883. The lowest BCUT2D eigenvalue weighted by Gasteiger charge is -2.34. The van der Waals surface area contributed by atoms with Gasteiger partial charge >= 0.3 is 0 Å². The minimum atomic E-state index is 0.375. The van der Waals surface area contributed by atoms with Crippen LogP contribution in [0.25, 0.3) is 11.0 Å². The van der Waals surface area contributed by atoms with Gasteiger partial charge in [0.05, 0.1) is 21.7 Å². The average molecular weight is 322 g/mol. The maximum absolute atomic E-state index is 6.17. The second-order valence-electron chi connectivity index (χ2n) is 6.19. The van der Waals surface area contributed by atoms with E-state index in [4.69, 9.17) is 22.3 Å². The Kier molecular flexibility index (Phi) is 4.19. The molecule has 2 N–H and O–H groups in total. The summed E-state index contributed by atoms with van der Waals surface area (Å²) >= 11 is 6.17. The van der Waals surface area contributed by atoms with Crippen LogP contribution in [-0.4, -0.2) is 47.7 Å². The molecule has 0 aliphatic carbocycles. The van der Waals surface area contributed by atoms with Gasteiger partial charge in [-0.2, -0.15) is 0 Å². The summed E-state index contributed by atoms with van der Waals surface area (Å²) in [7, 11) is 2.16. The van der Waals surface area contributed by atoms with Crippen molar-refractivity contribution in [1.29, 1.82) is 0 Å². The van der Waals surface area contributed by atoms with Gasteiger partial charge in [-0.25, -0.2) is 4.98 Å². The zero-order chi connectivity index (χ0) is 15.9. The van der Waals surface area contributed by atoms with E-state index in [9.17, 15) is 0 Å². The molecule has 5 nitrogen and oxygen atoms in total. The maximum Gasteiger partial charge on any atom is 0.206 e. The van der Waals surface area contributed by atoms with Crippen LogP contribution in [0.3, 0.4) is 0 Å². The Labute approximate surface area is 136 Å². The van der Waals surface area contributed by atoms with E-state index in [1.165, 1.54) is 0 Å². The summed E-state index contributed by atoms with van der Waals surface area (Å²) < 4.78 is 2.31. The molecule has 2 heterocycles. The van der Waals surface area contributed by atoms with Gasteiger partial charge in [0.15, 0.2) is 0 Å². The van der Waals surface area contributed by atoms with Gasteiger partial charge in [-0.05, 0) is 32.5 Å². The molecule has 0 amide bonds. The molecule has 1 aliphatic heterocycles. The van der Waals surface area contributed by atoms with E-state index in [1.54, 1.807) is 0 Å². The monoisotopic (exact) mass is 321 g/mol. The smallest absolute Gasteiger partial charge is 0.206 e. The molecule has 1 unspecified atom stereocenters. The first kappa shape index (κ1) is 15.4. The number of fused-ring (bicyclic) bond motifs is 1. The fourth-order valence-electron chi connectivity index (χ4n) is 2.97. The zero-order valence-corrected chi connectivity index (χ0v) is 14.3. The van der Waals surface area contributed by atoms with E-state index in [2.05, 4.69) is 35.3 Å². The van der Waals surface area contributed by atoms with Gasteiger partial charge in [0.25, 0.3) is 0 Å². The summed E-state index contributed by atoms with van der Waals surface area (Å²) in [5.74, 6) is 1.04. The van der Waals surface area contributed by atoms with Crippen LogP contribution < -0.4 is 10.6 Å². The predicted molar refractivity (Wildman–Crippen MR) is 93.9 cm³/mol. The molecule has 0 radical (unpaired) electrons. The number of likely N-dealkylation sites (N-methyl/N-ethyl adjacent to an activating group) is 1. The van der Waals surface area contributed by atoms with Gasteiger partial charge in [-0.15, -0.1) is 0 Å². The van der Waals surface area contributed by atoms with Crippen molar-refractivity contribution in [2.45, 2.75) is 26.3 Å². The van der Waals surface area contributed by atoms with Crippen molar-refractivity contribution in [1.82, 2.24) is 14.5 Å². The van der Waals surface area contributed by atoms with Crippen molar-refractivity contribution in [3.05, 3.63) is 17.2 Å². The maximum atomic E-state index is 6.17. The minimum absolute atomic E-state index is 0.375. The summed E-state index contributed by atoms with van der Waals surface area (Å²) in [4.78, 5) is 9.58. The van der Waals surface area contributed by atoms with Crippen molar-refractivity contribution < 1.29 is 0 Å². The molecule has 1 aromatic carbocycles. The van der Waals surface area contributed by atoms with Crippen LogP contribution in [0.1, 0.15) is 26.3 Å². The Morgan fingerprint density at radius 3 is 2.59 bits per heavy atom. The molecule has 1 aromatic heterocycles.